The smallest absolute Gasteiger partial charge is 0.245 e. The Balaban J connectivity index is 1.26. The van der Waals surface area contributed by atoms with Gasteiger partial charge >= 0.3 is 0 Å². The van der Waals surface area contributed by atoms with Gasteiger partial charge in [0.15, 0.2) is 0 Å². The molecular weight excluding hydrogens is 641 g/mol. The summed E-state index contributed by atoms with van der Waals surface area (Å²) in [7, 11) is 0. The lowest BCUT2D eigenvalue weighted by atomic mass is 9.86. The van der Waals surface area contributed by atoms with Crippen LogP contribution in [0.15, 0.2) is 179 Å². The van der Waals surface area contributed by atoms with Gasteiger partial charge in [0.05, 0.1) is 23.8 Å². The third-order valence-corrected chi connectivity index (χ3v) is 9.63. The van der Waals surface area contributed by atoms with Crippen molar-refractivity contribution in [1.82, 2.24) is 19.9 Å². The van der Waals surface area contributed by atoms with Gasteiger partial charge in [-0.3, -0.25) is 0 Å². The molecule has 6 aromatic carbocycles. The molecule has 0 aliphatic carbocycles. The Morgan fingerprint density at radius 3 is 1.17 bits per heavy atom. The Labute approximate surface area is 298 Å². The number of fused-ring (bicyclic) bond motifs is 6. The van der Waals surface area contributed by atoms with Crippen molar-refractivity contribution in [2.45, 2.75) is 0 Å². The number of hydrogen-bond donors (Lipinski definition) is 0. The highest BCUT2D eigenvalue weighted by molar-refractivity contribution is 6.27. The SMILES string of the molecule is c1ccc(-c2cc3c4cc(-c5cccc(-c6ncco6)n5)ccc4c4ccc(-c5cccc(-c6ncco6)n5)cc4c3cc2-c2ccccc2)cc1. The second kappa shape index (κ2) is 12.3. The van der Waals surface area contributed by atoms with Crippen LogP contribution in [-0.2, 0) is 0 Å². The Morgan fingerprint density at radius 2 is 0.750 bits per heavy atom. The van der Waals surface area contributed by atoms with E-state index in [0.717, 1.165) is 66.0 Å². The number of benzene rings is 6. The predicted molar refractivity (Wildman–Crippen MR) is 207 cm³/mol. The van der Waals surface area contributed by atoms with E-state index in [9.17, 15) is 0 Å². The molecule has 0 saturated heterocycles. The lowest BCUT2D eigenvalue weighted by Gasteiger charge is -2.18. The molecule has 6 nitrogen and oxygen atoms in total. The third-order valence-electron chi connectivity index (χ3n) is 9.63. The maximum absolute atomic E-state index is 5.57. The topological polar surface area (TPSA) is 77.8 Å². The molecule has 0 aliphatic heterocycles. The van der Waals surface area contributed by atoms with Crippen LogP contribution >= 0.6 is 0 Å². The molecular formula is C46H28N4O2. The molecule has 0 fully saturated rings. The van der Waals surface area contributed by atoms with Crippen molar-refractivity contribution in [2.75, 3.05) is 0 Å². The number of aromatic nitrogens is 4. The molecule has 0 spiro atoms. The minimum absolute atomic E-state index is 0.497. The molecule has 4 heterocycles. The average Bonchev–Trinajstić information content (AvgIpc) is 3.97. The van der Waals surface area contributed by atoms with Gasteiger partial charge in [0.25, 0.3) is 0 Å². The monoisotopic (exact) mass is 668 g/mol. The third kappa shape index (κ3) is 5.13. The second-order valence-electron chi connectivity index (χ2n) is 12.7. The van der Waals surface area contributed by atoms with Crippen molar-refractivity contribution < 1.29 is 8.83 Å². The largest absolute Gasteiger partial charge is 0.443 e. The average molecular weight is 669 g/mol. The quantitative estimate of drug-likeness (QED) is 0.164. The van der Waals surface area contributed by atoms with Gasteiger partial charge in [-0.2, -0.15) is 0 Å². The first-order chi connectivity index (χ1) is 25.8. The molecule has 0 radical (unpaired) electrons. The van der Waals surface area contributed by atoms with E-state index < -0.39 is 0 Å². The Morgan fingerprint density at radius 1 is 0.327 bits per heavy atom. The van der Waals surface area contributed by atoms with Gasteiger partial charge in [-0.05, 0) is 103 Å². The number of pyridine rings is 2. The van der Waals surface area contributed by atoms with E-state index in [4.69, 9.17) is 18.8 Å². The van der Waals surface area contributed by atoms with E-state index in [2.05, 4.69) is 119 Å². The van der Waals surface area contributed by atoms with Gasteiger partial charge in [-0.1, -0.05) is 97.1 Å². The summed E-state index contributed by atoms with van der Waals surface area (Å²) in [5.41, 5.74) is 9.78. The summed E-state index contributed by atoms with van der Waals surface area (Å²) in [6.07, 6.45) is 6.41. The van der Waals surface area contributed by atoms with Crippen LogP contribution in [-0.4, -0.2) is 19.9 Å². The van der Waals surface area contributed by atoms with Crippen LogP contribution < -0.4 is 0 Å². The molecule has 0 amide bonds. The zero-order valence-electron chi connectivity index (χ0n) is 27.8. The van der Waals surface area contributed by atoms with E-state index in [1.54, 1.807) is 24.9 Å². The molecule has 10 rings (SSSR count). The van der Waals surface area contributed by atoms with Crippen LogP contribution in [0.4, 0.5) is 0 Å². The fourth-order valence-electron chi connectivity index (χ4n) is 7.21. The highest BCUT2D eigenvalue weighted by Crippen LogP contribution is 2.44. The summed E-state index contributed by atoms with van der Waals surface area (Å²) in [5, 5.41) is 6.94. The first-order valence-electron chi connectivity index (χ1n) is 17.1. The lowest BCUT2D eigenvalue weighted by Crippen LogP contribution is -1.92. The van der Waals surface area contributed by atoms with Crippen LogP contribution in [0.1, 0.15) is 0 Å². The fourth-order valence-corrected chi connectivity index (χ4v) is 7.21. The van der Waals surface area contributed by atoms with E-state index >= 15 is 0 Å². The first-order valence-corrected chi connectivity index (χ1v) is 17.1. The molecule has 0 atom stereocenters. The molecule has 52 heavy (non-hydrogen) atoms. The Kier molecular flexibility index (Phi) is 7.03. The molecule has 0 saturated carbocycles. The van der Waals surface area contributed by atoms with Crippen molar-refractivity contribution in [2.24, 2.45) is 0 Å². The number of nitrogens with zero attached hydrogens (tertiary/aromatic N) is 4. The van der Waals surface area contributed by atoms with Crippen molar-refractivity contribution >= 4 is 32.3 Å². The van der Waals surface area contributed by atoms with Crippen molar-refractivity contribution in [3.05, 3.63) is 171 Å². The summed E-state index contributed by atoms with van der Waals surface area (Å²) >= 11 is 0. The summed E-state index contributed by atoms with van der Waals surface area (Å²) in [4.78, 5) is 18.5. The Hall–Kier alpha value is -7.18. The molecule has 6 heteroatoms. The zero-order valence-corrected chi connectivity index (χ0v) is 27.8. The first kappa shape index (κ1) is 29.7. The summed E-state index contributed by atoms with van der Waals surface area (Å²) < 4.78 is 11.1. The Bertz CT molecular complexity index is 2690. The van der Waals surface area contributed by atoms with Gasteiger partial charge in [0.1, 0.15) is 23.9 Å². The summed E-state index contributed by atoms with van der Waals surface area (Å²) in [6.45, 7) is 0. The summed E-state index contributed by atoms with van der Waals surface area (Å²) in [6, 6.07) is 51.2. The van der Waals surface area contributed by atoms with Crippen molar-refractivity contribution in [3.8, 4) is 67.9 Å². The van der Waals surface area contributed by atoms with Crippen LogP contribution in [0.25, 0.3) is 100 Å². The minimum atomic E-state index is 0.497. The predicted octanol–water partition coefficient (Wildman–Crippen LogP) is 11.9. The van der Waals surface area contributed by atoms with Crippen LogP contribution in [0.5, 0.6) is 0 Å². The van der Waals surface area contributed by atoms with Gasteiger partial charge in [-0.25, -0.2) is 19.9 Å². The number of oxazole rings is 2. The van der Waals surface area contributed by atoms with Gasteiger partial charge in [0.2, 0.25) is 11.8 Å². The van der Waals surface area contributed by atoms with E-state index in [0.29, 0.717) is 23.2 Å². The van der Waals surface area contributed by atoms with Gasteiger partial charge < -0.3 is 8.83 Å². The molecule has 244 valence electrons. The normalized spacial score (nSPS) is 11.5. The fraction of sp³-hybridized carbons (Fsp3) is 0. The molecule has 0 aliphatic rings. The second-order valence-corrected chi connectivity index (χ2v) is 12.7. The molecule has 0 bridgehead atoms. The standard InChI is InChI=1S/C46H28N4O2/c1-3-9-29(10-4-1)35-27-39-37-25-31(41-13-7-15-43(49-41)45-47-21-23-51-45)17-19-33(37)34-20-18-32(42-14-8-16-44(50-42)46-48-22-24-52-46)26-38(34)40(39)28-36(35)30-11-5-2-6-12-30/h1-28H. The van der Waals surface area contributed by atoms with Crippen molar-refractivity contribution in [1.29, 1.82) is 0 Å². The van der Waals surface area contributed by atoms with E-state index in [-0.39, 0.29) is 0 Å². The molecule has 0 N–H and O–H groups in total. The zero-order chi connectivity index (χ0) is 34.4. The van der Waals surface area contributed by atoms with Crippen molar-refractivity contribution in [3.63, 3.8) is 0 Å². The minimum Gasteiger partial charge on any atom is -0.443 e. The van der Waals surface area contributed by atoms with Crippen LogP contribution in [0, 0.1) is 0 Å². The molecule has 0 unspecified atom stereocenters. The molecule has 4 aromatic heterocycles. The van der Waals surface area contributed by atoms with E-state index in [1.807, 2.05) is 36.4 Å². The number of hydrogen-bond acceptors (Lipinski definition) is 6. The van der Waals surface area contributed by atoms with E-state index in [1.165, 1.54) is 11.1 Å². The lowest BCUT2D eigenvalue weighted by molar-refractivity contribution is 0.572. The van der Waals surface area contributed by atoms with Crippen LogP contribution in [0.2, 0.25) is 0 Å². The highest BCUT2D eigenvalue weighted by Gasteiger charge is 2.17. The van der Waals surface area contributed by atoms with Gasteiger partial charge in [-0.15, -0.1) is 0 Å². The summed E-state index contributed by atoms with van der Waals surface area (Å²) in [5.74, 6) is 0.993. The maximum atomic E-state index is 5.57. The van der Waals surface area contributed by atoms with Crippen LogP contribution in [0.3, 0.4) is 0 Å². The number of rotatable bonds is 6. The maximum Gasteiger partial charge on any atom is 0.245 e. The molecule has 10 aromatic rings. The van der Waals surface area contributed by atoms with Gasteiger partial charge in [0, 0.05) is 11.1 Å². The highest BCUT2D eigenvalue weighted by atomic mass is 16.3.